The van der Waals surface area contributed by atoms with Gasteiger partial charge in [-0.1, -0.05) is 12.1 Å². The molecule has 0 aromatic heterocycles. The largest absolute Gasteiger partial charge is 0.423 e. The van der Waals surface area contributed by atoms with Crippen LogP contribution < -0.4 is 4.74 Å². The number of hydrogen-bond donors (Lipinski definition) is 0. The molecule has 6 heteroatoms. The number of halogens is 1. The van der Waals surface area contributed by atoms with E-state index in [-0.39, 0.29) is 11.4 Å². The Labute approximate surface area is 119 Å². The van der Waals surface area contributed by atoms with Gasteiger partial charge in [-0.05, 0) is 29.8 Å². The van der Waals surface area contributed by atoms with Crippen molar-refractivity contribution in [1.82, 2.24) is 0 Å². The van der Waals surface area contributed by atoms with Crippen LogP contribution in [-0.2, 0) is 5.88 Å². The Morgan fingerprint density at radius 2 is 1.70 bits per heavy atom. The van der Waals surface area contributed by atoms with Crippen LogP contribution in [0.15, 0.2) is 48.5 Å². The van der Waals surface area contributed by atoms with E-state index in [4.69, 9.17) is 16.3 Å². The Kier molecular flexibility index (Phi) is 4.32. The molecule has 0 amide bonds. The van der Waals surface area contributed by atoms with Crippen LogP contribution in [0.4, 0.5) is 5.69 Å². The second-order valence-corrected chi connectivity index (χ2v) is 4.24. The first-order valence-corrected chi connectivity index (χ1v) is 6.25. The highest BCUT2D eigenvalue weighted by Gasteiger charge is 2.10. The molecule has 0 aliphatic heterocycles. The number of alkyl halides is 1. The van der Waals surface area contributed by atoms with E-state index in [1.807, 2.05) is 0 Å². The quantitative estimate of drug-likeness (QED) is 0.284. The minimum absolute atomic E-state index is 0.0590. The Morgan fingerprint density at radius 1 is 1.10 bits per heavy atom. The summed E-state index contributed by atoms with van der Waals surface area (Å²) in [4.78, 5) is 21.8. The lowest BCUT2D eigenvalue weighted by atomic mass is 10.1. The van der Waals surface area contributed by atoms with Gasteiger partial charge in [-0.25, -0.2) is 4.79 Å². The standard InChI is InChI=1S/C14H10ClNO4/c15-9-10-1-3-11(4-2-10)14(17)20-13-7-5-12(6-8-13)16(18)19/h1-8H,9H2. The second-order valence-electron chi connectivity index (χ2n) is 3.97. The third-order valence-corrected chi connectivity index (χ3v) is 2.91. The third kappa shape index (κ3) is 3.33. The molecule has 2 rings (SSSR count). The van der Waals surface area contributed by atoms with Crippen LogP contribution >= 0.6 is 11.6 Å². The van der Waals surface area contributed by atoms with Crippen LogP contribution in [0, 0.1) is 10.1 Å². The number of nitro groups is 1. The summed E-state index contributed by atoms with van der Waals surface area (Å²) in [5.41, 5.74) is 1.23. The average molecular weight is 292 g/mol. The van der Waals surface area contributed by atoms with Gasteiger partial charge in [0.15, 0.2) is 0 Å². The van der Waals surface area contributed by atoms with Crippen LogP contribution in [0.5, 0.6) is 5.75 Å². The number of hydrogen-bond acceptors (Lipinski definition) is 4. The highest BCUT2D eigenvalue weighted by atomic mass is 35.5. The maximum atomic E-state index is 11.8. The van der Waals surface area contributed by atoms with Gasteiger partial charge in [0.05, 0.1) is 10.5 Å². The molecule has 0 atom stereocenters. The molecule has 102 valence electrons. The number of non-ortho nitro benzene ring substituents is 1. The summed E-state index contributed by atoms with van der Waals surface area (Å²) >= 11 is 5.66. The molecule has 0 unspecified atom stereocenters. The SMILES string of the molecule is O=C(Oc1ccc([N+](=O)[O-])cc1)c1ccc(CCl)cc1. The van der Waals surface area contributed by atoms with Crippen LogP contribution in [0.1, 0.15) is 15.9 Å². The fourth-order valence-corrected chi connectivity index (χ4v) is 1.71. The van der Waals surface area contributed by atoms with Crippen molar-refractivity contribution in [3.63, 3.8) is 0 Å². The van der Waals surface area contributed by atoms with Gasteiger partial charge in [0.25, 0.3) is 5.69 Å². The molecular weight excluding hydrogens is 282 g/mol. The highest BCUT2D eigenvalue weighted by molar-refractivity contribution is 6.17. The van der Waals surface area contributed by atoms with Crippen molar-refractivity contribution < 1.29 is 14.5 Å². The topological polar surface area (TPSA) is 69.4 Å². The maximum absolute atomic E-state index is 11.8. The second kappa shape index (κ2) is 6.16. The first kappa shape index (κ1) is 14.0. The fourth-order valence-electron chi connectivity index (χ4n) is 1.53. The first-order valence-electron chi connectivity index (χ1n) is 5.71. The number of ether oxygens (including phenoxy) is 1. The Hall–Kier alpha value is -2.40. The molecule has 0 aliphatic rings. The Morgan fingerprint density at radius 3 is 2.20 bits per heavy atom. The smallest absolute Gasteiger partial charge is 0.343 e. The molecule has 0 saturated carbocycles. The van der Waals surface area contributed by atoms with Gasteiger partial charge in [-0.15, -0.1) is 11.6 Å². The Balaban J connectivity index is 2.08. The van der Waals surface area contributed by atoms with E-state index >= 15 is 0 Å². The number of nitro benzene ring substituents is 1. The number of benzene rings is 2. The van der Waals surface area contributed by atoms with Crippen molar-refractivity contribution in [3.05, 3.63) is 69.8 Å². The molecule has 2 aromatic carbocycles. The normalized spacial score (nSPS) is 10.1. The van der Waals surface area contributed by atoms with Crippen molar-refractivity contribution in [2.45, 2.75) is 5.88 Å². The number of nitrogens with zero attached hydrogens (tertiary/aromatic N) is 1. The van der Waals surface area contributed by atoms with Gasteiger partial charge in [-0.2, -0.15) is 0 Å². The highest BCUT2D eigenvalue weighted by Crippen LogP contribution is 2.18. The summed E-state index contributed by atoms with van der Waals surface area (Å²) in [5, 5.41) is 10.5. The molecule has 0 radical (unpaired) electrons. The van der Waals surface area contributed by atoms with E-state index in [1.165, 1.54) is 24.3 Å². The third-order valence-electron chi connectivity index (χ3n) is 2.60. The molecule has 0 N–H and O–H groups in total. The molecule has 5 nitrogen and oxygen atoms in total. The predicted octanol–water partition coefficient (Wildman–Crippen LogP) is 3.55. The summed E-state index contributed by atoms with van der Waals surface area (Å²) < 4.78 is 5.11. The molecule has 0 heterocycles. The Bertz CT molecular complexity index is 623. The molecule has 20 heavy (non-hydrogen) atoms. The number of carbonyl (C=O) groups excluding carboxylic acids is 1. The zero-order valence-corrected chi connectivity index (χ0v) is 11.0. The number of carbonyl (C=O) groups is 1. The summed E-state index contributed by atoms with van der Waals surface area (Å²) in [7, 11) is 0. The van der Waals surface area contributed by atoms with E-state index in [0.717, 1.165) is 5.56 Å². The zero-order chi connectivity index (χ0) is 14.5. The number of esters is 1. The van der Waals surface area contributed by atoms with Gasteiger partial charge in [0.2, 0.25) is 0 Å². The van der Waals surface area contributed by atoms with Gasteiger partial charge in [0.1, 0.15) is 5.75 Å². The summed E-state index contributed by atoms with van der Waals surface area (Å²) in [6, 6.07) is 12.0. The summed E-state index contributed by atoms with van der Waals surface area (Å²) in [6.07, 6.45) is 0. The van der Waals surface area contributed by atoms with E-state index in [1.54, 1.807) is 24.3 Å². The molecule has 0 bridgehead atoms. The fraction of sp³-hybridized carbons (Fsp3) is 0.0714. The molecule has 0 fully saturated rings. The minimum atomic E-state index is -0.528. The van der Waals surface area contributed by atoms with Crippen LogP contribution in [-0.4, -0.2) is 10.9 Å². The van der Waals surface area contributed by atoms with Crippen LogP contribution in [0.2, 0.25) is 0 Å². The van der Waals surface area contributed by atoms with Crippen molar-refractivity contribution >= 4 is 23.3 Å². The van der Waals surface area contributed by atoms with Gasteiger partial charge in [0, 0.05) is 18.0 Å². The van der Waals surface area contributed by atoms with E-state index in [2.05, 4.69) is 0 Å². The van der Waals surface area contributed by atoms with Crippen molar-refractivity contribution in [1.29, 1.82) is 0 Å². The summed E-state index contributed by atoms with van der Waals surface area (Å²) in [6.45, 7) is 0. The molecule has 0 saturated heterocycles. The maximum Gasteiger partial charge on any atom is 0.343 e. The lowest BCUT2D eigenvalue weighted by molar-refractivity contribution is -0.384. The average Bonchev–Trinajstić information content (AvgIpc) is 2.48. The number of rotatable bonds is 4. The van der Waals surface area contributed by atoms with Crippen LogP contribution in [0.3, 0.4) is 0 Å². The lowest BCUT2D eigenvalue weighted by Crippen LogP contribution is -2.08. The molecular formula is C14H10ClNO4. The lowest BCUT2D eigenvalue weighted by Gasteiger charge is -2.04. The van der Waals surface area contributed by atoms with Crippen molar-refractivity contribution in [2.24, 2.45) is 0 Å². The van der Waals surface area contributed by atoms with Gasteiger partial charge in [-0.3, -0.25) is 10.1 Å². The van der Waals surface area contributed by atoms with Crippen molar-refractivity contribution in [2.75, 3.05) is 0 Å². The van der Waals surface area contributed by atoms with E-state index < -0.39 is 10.9 Å². The molecule has 0 aliphatic carbocycles. The molecule has 2 aromatic rings. The van der Waals surface area contributed by atoms with Gasteiger partial charge >= 0.3 is 5.97 Å². The van der Waals surface area contributed by atoms with Gasteiger partial charge < -0.3 is 4.74 Å². The van der Waals surface area contributed by atoms with Crippen LogP contribution in [0.25, 0.3) is 0 Å². The zero-order valence-electron chi connectivity index (χ0n) is 10.3. The monoisotopic (exact) mass is 291 g/mol. The summed E-state index contributed by atoms with van der Waals surface area (Å²) in [5.74, 6) is 0.0968. The van der Waals surface area contributed by atoms with E-state index in [9.17, 15) is 14.9 Å². The minimum Gasteiger partial charge on any atom is -0.423 e. The van der Waals surface area contributed by atoms with E-state index in [0.29, 0.717) is 11.4 Å². The predicted molar refractivity (Wildman–Crippen MR) is 74.1 cm³/mol. The molecule has 0 spiro atoms. The first-order chi connectivity index (χ1) is 9.60. The van der Waals surface area contributed by atoms with Crippen molar-refractivity contribution in [3.8, 4) is 5.75 Å².